The Bertz CT molecular complexity index is 3760. The molecule has 10 atom stereocenters. The predicted molar refractivity (Wildman–Crippen MR) is 382 cm³/mol. The lowest BCUT2D eigenvalue weighted by Crippen LogP contribution is -2.56. The van der Waals surface area contributed by atoms with E-state index in [0.717, 1.165) is 16.3 Å². The van der Waals surface area contributed by atoms with E-state index in [2.05, 4.69) is 47.2 Å². The largest absolute Gasteiger partial charge is 0.508 e. The van der Waals surface area contributed by atoms with E-state index in [9.17, 15) is 67.7 Å². The van der Waals surface area contributed by atoms with E-state index in [1.54, 1.807) is 36.4 Å². The molecule has 1 fully saturated rings. The van der Waals surface area contributed by atoms with Gasteiger partial charge in [-0.05, 0) is 140 Å². The van der Waals surface area contributed by atoms with Crippen molar-refractivity contribution in [3.8, 4) is 5.75 Å². The van der Waals surface area contributed by atoms with Gasteiger partial charge in [0.2, 0.25) is 47.3 Å². The van der Waals surface area contributed by atoms with Crippen LogP contribution in [0.1, 0.15) is 114 Å². The molecule has 5 aromatic rings. The molecule has 0 spiro atoms. The predicted octanol–water partition coefficient (Wildman–Crippen LogP) is 2.56. The molecule has 29 heteroatoms. The lowest BCUT2D eigenvalue weighted by molar-refractivity contribution is -0.143. The number of hydrogen-bond acceptors (Lipinski definition) is 16. The van der Waals surface area contributed by atoms with Gasteiger partial charge in [-0.2, -0.15) is 0 Å². The molecule has 0 unspecified atom stereocenters. The number of likely N-dealkylation sites (tertiary alicyclic amines) is 1. The van der Waals surface area contributed by atoms with Crippen molar-refractivity contribution in [2.75, 3.05) is 26.2 Å². The molecular weight excluding hydrogens is 1330 g/mol. The third kappa shape index (κ3) is 26.3. The number of aliphatic hydroxyl groups is 1. The van der Waals surface area contributed by atoms with Crippen LogP contribution in [0.3, 0.4) is 0 Å². The number of phenols is 1. The maximum Gasteiger partial charge on any atom is 0.312 e. The zero-order valence-electron chi connectivity index (χ0n) is 57.9. The highest BCUT2D eigenvalue weighted by atomic mass is 35.5. The van der Waals surface area contributed by atoms with E-state index in [4.69, 9.17) is 34.5 Å². The molecule has 0 aliphatic carbocycles. The summed E-state index contributed by atoms with van der Waals surface area (Å²) in [5.74, 6) is -12.0. The summed E-state index contributed by atoms with van der Waals surface area (Å²) in [7, 11) is 0. The van der Waals surface area contributed by atoms with Gasteiger partial charge in [0.05, 0.1) is 18.7 Å². The number of halogens is 1. The maximum atomic E-state index is 15.0. The monoisotopic (exact) mass is 1430 g/mol. The molecule has 0 saturated carbocycles. The van der Waals surface area contributed by atoms with E-state index in [-0.39, 0.29) is 101 Å². The van der Waals surface area contributed by atoms with Crippen LogP contribution in [0.5, 0.6) is 5.75 Å². The summed E-state index contributed by atoms with van der Waals surface area (Å²) in [4.78, 5) is 177. The minimum Gasteiger partial charge on any atom is -0.508 e. The molecule has 548 valence electrons. The third-order valence-corrected chi connectivity index (χ3v) is 17.8. The summed E-state index contributed by atoms with van der Waals surface area (Å²) in [5, 5.41) is 42.2. The molecule has 1 saturated heterocycles. The van der Waals surface area contributed by atoms with E-state index < -0.39 is 157 Å². The number of aromatic hydroxyl groups is 1. The second-order valence-corrected chi connectivity index (χ2v) is 26.7. The zero-order chi connectivity index (χ0) is 74.6. The van der Waals surface area contributed by atoms with Crippen LogP contribution >= 0.6 is 11.6 Å². The highest BCUT2D eigenvalue weighted by Crippen LogP contribution is 2.26. The number of carbonyl (C=O) groups excluding carboxylic acids is 12. The van der Waals surface area contributed by atoms with Gasteiger partial charge in [-0.1, -0.05) is 98.2 Å². The van der Waals surface area contributed by atoms with E-state index in [1.807, 2.05) is 56.3 Å². The number of nitrogens with zero attached hydrogens (tertiary/aromatic N) is 3. The Morgan fingerprint density at radius 1 is 0.598 bits per heavy atom. The van der Waals surface area contributed by atoms with Crippen LogP contribution in [0.4, 0.5) is 4.79 Å². The van der Waals surface area contributed by atoms with E-state index >= 15 is 0 Å². The van der Waals surface area contributed by atoms with Crippen molar-refractivity contribution in [1.29, 1.82) is 0 Å². The topological polar surface area (TPSA) is 462 Å². The molecule has 4 aromatic carbocycles. The molecule has 2 heterocycles. The Balaban J connectivity index is 1.26. The summed E-state index contributed by atoms with van der Waals surface area (Å²) in [6.07, 6.45) is 1.88. The highest BCUT2D eigenvalue weighted by molar-refractivity contribution is 6.30. The molecule has 1 aromatic heterocycles. The van der Waals surface area contributed by atoms with Gasteiger partial charge in [0.15, 0.2) is 23.3 Å². The second-order valence-electron chi connectivity index (χ2n) is 26.3. The van der Waals surface area contributed by atoms with Crippen molar-refractivity contribution in [2.45, 2.75) is 160 Å². The highest BCUT2D eigenvalue weighted by Gasteiger charge is 2.40. The minimum absolute atomic E-state index is 0.00339. The van der Waals surface area contributed by atoms with Gasteiger partial charge in [0, 0.05) is 87.4 Å². The molecule has 0 radical (unpaired) electrons. The Morgan fingerprint density at radius 2 is 1.16 bits per heavy atom. The number of carbonyl (C=O) groups is 12. The Hall–Kier alpha value is -10.3. The zero-order valence-corrected chi connectivity index (χ0v) is 58.6. The number of rotatable bonds is 41. The van der Waals surface area contributed by atoms with Crippen LogP contribution in [-0.2, 0) is 78.4 Å². The molecule has 28 nitrogen and oxygen atoms in total. The first-order valence-electron chi connectivity index (χ1n) is 34.1. The van der Waals surface area contributed by atoms with Crippen molar-refractivity contribution in [3.63, 3.8) is 0 Å². The number of primary amides is 2. The number of amides is 10. The first-order valence-corrected chi connectivity index (χ1v) is 34.5. The normalized spacial score (nSPS) is 15.3. The fourth-order valence-corrected chi connectivity index (χ4v) is 12.4. The molecule has 102 heavy (non-hydrogen) atoms. The van der Waals surface area contributed by atoms with Crippen molar-refractivity contribution in [3.05, 3.63) is 143 Å². The molecule has 1 aliphatic rings. The quantitative estimate of drug-likeness (QED) is 0.0152. The average molecular weight is 1430 g/mol. The van der Waals surface area contributed by atoms with Gasteiger partial charge in [0.25, 0.3) is 0 Å². The van der Waals surface area contributed by atoms with Crippen molar-refractivity contribution in [1.82, 2.24) is 47.1 Å². The second kappa shape index (κ2) is 40.2. The number of phenolic OH excluding ortho intramolecular Hbond substituents is 1. The number of ketones is 3. The third-order valence-electron chi connectivity index (χ3n) is 17.6. The van der Waals surface area contributed by atoms with E-state index in [0.29, 0.717) is 28.1 Å². The van der Waals surface area contributed by atoms with Crippen LogP contribution in [0.25, 0.3) is 10.8 Å². The minimum atomic E-state index is -1.69. The number of benzene rings is 4. The lowest BCUT2D eigenvalue weighted by atomic mass is 9.87. The van der Waals surface area contributed by atoms with Gasteiger partial charge in [-0.3, -0.25) is 62.7 Å². The van der Waals surface area contributed by atoms with Gasteiger partial charge in [-0.25, -0.2) is 4.79 Å². The van der Waals surface area contributed by atoms with Gasteiger partial charge in [-0.15, -0.1) is 0 Å². The van der Waals surface area contributed by atoms with Crippen molar-refractivity contribution in [2.24, 2.45) is 51.6 Å². The number of hydrogen-bond donors (Lipinski definition) is 13. The number of aromatic nitrogens is 1. The number of aliphatic imine (C=N–C) groups is 1. The molecule has 6 rings (SSSR count). The maximum absolute atomic E-state index is 15.0. The number of Topliss-reactive ketones (excluding diaryl/α,β-unsaturated/α-hetero) is 3. The number of fused-ring (bicyclic) bond motifs is 1. The van der Waals surface area contributed by atoms with Gasteiger partial charge >= 0.3 is 6.03 Å². The van der Waals surface area contributed by atoms with Crippen molar-refractivity contribution < 1.29 is 67.7 Å². The Labute approximate surface area is 597 Å². The summed E-state index contributed by atoms with van der Waals surface area (Å²) in [6, 6.07) is 19.2. The lowest BCUT2D eigenvalue weighted by Gasteiger charge is -2.30. The number of guanidine groups is 1. The van der Waals surface area contributed by atoms with E-state index in [1.165, 1.54) is 55.4 Å². The standard InChI is InChI=1S/C73H95ClN14O14/c1-42(2)31-51(66(96)85-57(15-9-28-80-72(76)77)71(101)88-30-10-16-61(88)70(100)82-43(3)65(75)95)37-62(92)56(14-8-29-81-73(78)102)84-67(97)52(32-45-20-25-55(91)26-21-45)39-64(94)60(41-89)87-68(98)53(34-48-11-7-27-79-40-48)38-63(93)58(35-46-18-23-54(74)24-19-46)86-69(99)59(83-44(4)90)36-47-17-22-49-12-5-6-13-50(49)33-47/h5-7,11-13,17-27,33,40,42-43,51-53,56-61,89,91H,8-10,14-16,28-32,34-39,41H2,1-4H3,(H2,75,95)(H,82,100)(H,83,90)(H,84,97)(H,85,96)(H,86,99)(H,87,98)(H4,76,77,80)(H3,78,81,102)/t43-,51-,52-,53+,56-,57+,58-,59-,60+,61+/m1/s1. The van der Waals surface area contributed by atoms with Crippen LogP contribution < -0.4 is 60.2 Å². The number of nitrogens with one attached hydrogen (secondary N) is 7. The Kier molecular flexibility index (Phi) is 31.8. The number of urea groups is 1. The molecule has 0 bridgehead atoms. The van der Waals surface area contributed by atoms with Gasteiger partial charge in [0.1, 0.15) is 36.0 Å². The number of aliphatic hydroxyl groups excluding tert-OH is 1. The summed E-state index contributed by atoms with van der Waals surface area (Å²) in [5.41, 5.74) is 24.2. The smallest absolute Gasteiger partial charge is 0.312 e. The van der Waals surface area contributed by atoms with Crippen molar-refractivity contribution >= 4 is 99.0 Å². The first-order chi connectivity index (χ1) is 48.6. The summed E-state index contributed by atoms with van der Waals surface area (Å²) < 4.78 is 0. The number of pyridine rings is 1. The van der Waals surface area contributed by atoms with Gasteiger partial charge < -0.3 is 75.3 Å². The summed E-state index contributed by atoms with van der Waals surface area (Å²) in [6.45, 7) is 5.48. The summed E-state index contributed by atoms with van der Waals surface area (Å²) >= 11 is 6.24. The molecule has 10 amide bonds. The van der Waals surface area contributed by atoms with Crippen LogP contribution in [0, 0.1) is 23.7 Å². The fraction of sp³-hybridized carbons (Fsp3) is 0.452. The molecule has 17 N–H and O–H groups in total. The van der Waals surface area contributed by atoms with Crippen LogP contribution in [-0.4, -0.2) is 165 Å². The first kappa shape index (κ1) is 80.6. The number of nitrogens with two attached hydrogens (primary N) is 4. The average Bonchev–Trinajstić information content (AvgIpc) is 1.13. The fourth-order valence-electron chi connectivity index (χ4n) is 12.2. The molecule has 1 aliphatic heterocycles. The molecular formula is C73H95ClN14O14. The van der Waals surface area contributed by atoms with Crippen LogP contribution in [0.15, 0.2) is 121 Å². The Morgan fingerprint density at radius 3 is 1.77 bits per heavy atom. The van der Waals surface area contributed by atoms with Crippen LogP contribution in [0.2, 0.25) is 5.02 Å². The SMILES string of the molecule is CC(=O)N[C@H](Cc1ccc2ccccc2c1)C(=O)N[C@H](Cc1ccc(Cl)cc1)C(=O)C[C@H](Cc1cccnc1)C(=O)N[C@@H](CO)C(=O)C[C@@H](Cc1ccc(O)cc1)C(=O)N[C@H](CCCNC(N)=O)C(=O)C[C@@H](CC(C)C)C(=O)N[C@@H](CCCN=C(N)N)C(=O)N1CCC[C@H]1C(=O)N[C@H](C)C(N)=O.